The van der Waals surface area contributed by atoms with E-state index in [0.29, 0.717) is 21.4 Å². The number of nitrogens with one attached hydrogen (secondary N) is 1. The van der Waals surface area contributed by atoms with Gasteiger partial charge in [-0.15, -0.1) is 0 Å². The van der Waals surface area contributed by atoms with Gasteiger partial charge in [0.15, 0.2) is 0 Å². The summed E-state index contributed by atoms with van der Waals surface area (Å²) in [5.74, 6) is 0.0985. The highest BCUT2D eigenvalue weighted by atomic mass is 79.9. The molecule has 29 heavy (non-hydrogen) atoms. The van der Waals surface area contributed by atoms with Crippen molar-refractivity contribution in [3.8, 4) is 5.75 Å². The molecule has 0 aliphatic rings. The predicted octanol–water partition coefficient (Wildman–Crippen LogP) is 6.15. The van der Waals surface area contributed by atoms with E-state index in [-0.39, 0.29) is 17.3 Å². The van der Waals surface area contributed by atoms with Crippen LogP contribution in [-0.4, -0.2) is 17.1 Å². The second-order valence-corrected chi connectivity index (χ2v) is 7.86. The maximum absolute atomic E-state index is 12.2. The first-order valence-corrected chi connectivity index (χ1v) is 10.2. The zero-order valence-electron chi connectivity index (χ0n) is 14.7. The first-order chi connectivity index (χ1) is 13.9. The minimum absolute atomic E-state index is 0.103. The summed E-state index contributed by atoms with van der Waals surface area (Å²) in [5.41, 5.74) is 4.10. The lowest BCUT2D eigenvalue weighted by molar-refractivity contribution is 0.0955. The van der Waals surface area contributed by atoms with Crippen molar-refractivity contribution in [2.75, 3.05) is 0 Å². The second kappa shape index (κ2) is 10.1. The van der Waals surface area contributed by atoms with Crippen LogP contribution in [0, 0.1) is 0 Å². The van der Waals surface area contributed by atoms with Crippen LogP contribution in [0.2, 0.25) is 15.2 Å². The zero-order chi connectivity index (χ0) is 20.8. The molecule has 0 aliphatic heterocycles. The van der Waals surface area contributed by atoms with E-state index in [0.717, 1.165) is 10.0 Å². The molecule has 0 radical (unpaired) electrons. The Balaban J connectivity index is 1.72. The van der Waals surface area contributed by atoms with Gasteiger partial charge in [0.25, 0.3) is 5.91 Å². The number of amides is 1. The van der Waals surface area contributed by atoms with Gasteiger partial charge >= 0.3 is 0 Å². The monoisotopic (exact) mass is 511 g/mol. The molecule has 0 saturated carbocycles. The Morgan fingerprint density at radius 2 is 2.00 bits per heavy atom. The number of hydrazone groups is 1. The van der Waals surface area contributed by atoms with Gasteiger partial charge in [0, 0.05) is 31.8 Å². The average molecular weight is 514 g/mol. The molecule has 0 aliphatic carbocycles. The van der Waals surface area contributed by atoms with Crippen LogP contribution in [0.5, 0.6) is 5.75 Å². The van der Waals surface area contributed by atoms with Gasteiger partial charge in [0.1, 0.15) is 17.5 Å². The summed E-state index contributed by atoms with van der Waals surface area (Å²) in [6, 6.07) is 13.8. The molecule has 1 amide bonds. The number of ether oxygens (including phenoxy) is 1. The number of halogens is 4. The number of hydrogen-bond donors (Lipinski definition) is 1. The van der Waals surface area contributed by atoms with E-state index in [4.69, 9.17) is 39.5 Å². The standard InChI is InChI=1S/C20H13BrCl3N3O2/c21-14-4-6-18(29-11-12-3-5-15(22)9-17(12)23)13(8-14)10-26-27-20(28)16-2-1-7-25-19(16)24/h1-10H,11H2,(H,27,28). The van der Waals surface area contributed by atoms with Gasteiger partial charge in [-0.1, -0.05) is 56.8 Å². The minimum atomic E-state index is -0.468. The highest BCUT2D eigenvalue weighted by Crippen LogP contribution is 2.26. The van der Waals surface area contributed by atoms with E-state index < -0.39 is 5.91 Å². The van der Waals surface area contributed by atoms with Gasteiger partial charge in [0.2, 0.25) is 0 Å². The Hall–Kier alpha value is -2.12. The summed E-state index contributed by atoms with van der Waals surface area (Å²) in [5, 5.41) is 5.17. The normalized spacial score (nSPS) is 10.9. The maximum atomic E-state index is 12.2. The molecule has 1 aromatic heterocycles. The average Bonchev–Trinajstić information content (AvgIpc) is 2.69. The van der Waals surface area contributed by atoms with Crippen molar-refractivity contribution in [1.82, 2.24) is 10.4 Å². The van der Waals surface area contributed by atoms with E-state index >= 15 is 0 Å². The predicted molar refractivity (Wildman–Crippen MR) is 119 cm³/mol. The SMILES string of the molecule is O=C(NN=Cc1cc(Br)ccc1OCc1ccc(Cl)cc1Cl)c1cccnc1Cl. The zero-order valence-corrected chi connectivity index (χ0v) is 18.6. The fraction of sp³-hybridized carbons (Fsp3) is 0.0500. The van der Waals surface area contributed by atoms with E-state index in [2.05, 4.69) is 31.4 Å². The molecular formula is C20H13BrCl3N3O2. The van der Waals surface area contributed by atoms with Gasteiger partial charge in [-0.05, 0) is 42.5 Å². The van der Waals surface area contributed by atoms with Gasteiger partial charge in [-0.2, -0.15) is 5.10 Å². The molecule has 9 heteroatoms. The Morgan fingerprint density at radius 3 is 2.76 bits per heavy atom. The van der Waals surface area contributed by atoms with Crippen molar-refractivity contribution >= 4 is 62.9 Å². The number of aromatic nitrogens is 1. The van der Waals surface area contributed by atoms with Crippen LogP contribution < -0.4 is 10.2 Å². The van der Waals surface area contributed by atoms with E-state index in [9.17, 15) is 4.79 Å². The molecule has 0 spiro atoms. The van der Waals surface area contributed by atoms with Crippen LogP contribution in [0.25, 0.3) is 0 Å². The molecule has 0 unspecified atom stereocenters. The second-order valence-electron chi connectivity index (χ2n) is 5.75. The molecule has 3 rings (SSSR count). The number of carbonyl (C=O) groups excluding carboxylic acids is 1. The largest absolute Gasteiger partial charge is 0.488 e. The molecule has 1 heterocycles. The molecular weight excluding hydrogens is 501 g/mol. The van der Waals surface area contributed by atoms with Gasteiger partial charge < -0.3 is 4.74 Å². The molecule has 2 aromatic carbocycles. The molecule has 5 nitrogen and oxygen atoms in total. The Labute approximate surface area is 190 Å². The fourth-order valence-electron chi connectivity index (χ4n) is 2.32. The molecule has 0 atom stereocenters. The van der Waals surface area contributed by atoms with Crippen molar-refractivity contribution in [3.05, 3.63) is 91.1 Å². The highest BCUT2D eigenvalue weighted by molar-refractivity contribution is 9.10. The molecule has 3 aromatic rings. The molecule has 148 valence electrons. The van der Waals surface area contributed by atoms with Crippen LogP contribution >= 0.6 is 50.7 Å². The molecule has 0 fully saturated rings. The summed E-state index contributed by atoms with van der Waals surface area (Å²) >= 11 is 21.4. The summed E-state index contributed by atoms with van der Waals surface area (Å²) in [6.07, 6.45) is 2.98. The number of hydrogen-bond acceptors (Lipinski definition) is 4. The molecule has 0 saturated heterocycles. The number of carbonyl (C=O) groups is 1. The maximum Gasteiger partial charge on any atom is 0.274 e. The highest BCUT2D eigenvalue weighted by Gasteiger charge is 2.10. The van der Waals surface area contributed by atoms with Gasteiger partial charge in [-0.25, -0.2) is 10.4 Å². The van der Waals surface area contributed by atoms with E-state index in [1.54, 1.807) is 36.4 Å². The van der Waals surface area contributed by atoms with Crippen molar-refractivity contribution in [1.29, 1.82) is 0 Å². The van der Waals surface area contributed by atoms with Gasteiger partial charge in [-0.3, -0.25) is 4.79 Å². The third kappa shape index (κ3) is 5.93. The molecule has 0 bridgehead atoms. The third-order valence-electron chi connectivity index (χ3n) is 3.74. The lowest BCUT2D eigenvalue weighted by atomic mass is 10.2. The first-order valence-electron chi connectivity index (χ1n) is 8.24. The van der Waals surface area contributed by atoms with Crippen molar-refractivity contribution < 1.29 is 9.53 Å². The first kappa shape index (κ1) is 21.6. The van der Waals surface area contributed by atoms with E-state index in [1.165, 1.54) is 12.4 Å². The van der Waals surface area contributed by atoms with Crippen LogP contribution in [0.15, 0.2) is 64.3 Å². The van der Waals surface area contributed by atoms with Crippen molar-refractivity contribution in [2.45, 2.75) is 6.61 Å². The van der Waals surface area contributed by atoms with Crippen LogP contribution in [-0.2, 0) is 6.61 Å². The van der Waals surface area contributed by atoms with Crippen LogP contribution in [0.3, 0.4) is 0 Å². The number of pyridine rings is 1. The lowest BCUT2D eigenvalue weighted by Crippen LogP contribution is -2.18. The number of benzene rings is 2. The third-order valence-corrected chi connectivity index (χ3v) is 5.12. The van der Waals surface area contributed by atoms with E-state index in [1.807, 2.05) is 12.1 Å². The Bertz CT molecular complexity index is 1080. The summed E-state index contributed by atoms with van der Waals surface area (Å²) < 4.78 is 6.71. The smallest absolute Gasteiger partial charge is 0.274 e. The number of nitrogens with zero attached hydrogens (tertiary/aromatic N) is 2. The summed E-state index contributed by atoms with van der Waals surface area (Å²) in [7, 11) is 0. The van der Waals surface area contributed by atoms with Crippen LogP contribution in [0.4, 0.5) is 0 Å². The quantitative estimate of drug-likeness (QED) is 0.244. The summed E-state index contributed by atoms with van der Waals surface area (Å²) in [6.45, 7) is 0.246. The van der Waals surface area contributed by atoms with Crippen molar-refractivity contribution in [3.63, 3.8) is 0 Å². The van der Waals surface area contributed by atoms with Crippen LogP contribution in [0.1, 0.15) is 21.5 Å². The molecule has 1 N–H and O–H groups in total. The minimum Gasteiger partial charge on any atom is -0.488 e. The summed E-state index contributed by atoms with van der Waals surface area (Å²) in [4.78, 5) is 16.0. The lowest BCUT2D eigenvalue weighted by Gasteiger charge is -2.11. The Kier molecular flexibility index (Phi) is 7.50. The topological polar surface area (TPSA) is 63.6 Å². The van der Waals surface area contributed by atoms with Gasteiger partial charge in [0.05, 0.1) is 11.8 Å². The Morgan fingerprint density at radius 1 is 1.17 bits per heavy atom. The van der Waals surface area contributed by atoms with Crippen molar-refractivity contribution in [2.24, 2.45) is 5.10 Å². The number of rotatable bonds is 6. The fourth-order valence-corrected chi connectivity index (χ4v) is 3.37.